The van der Waals surface area contributed by atoms with Crippen molar-refractivity contribution in [3.8, 4) is 0 Å². The highest BCUT2D eigenvalue weighted by molar-refractivity contribution is 5.79. The molecular weight excluding hydrogens is 230 g/mol. The van der Waals surface area contributed by atoms with Crippen molar-refractivity contribution in [2.24, 2.45) is 11.7 Å². The van der Waals surface area contributed by atoms with E-state index in [4.69, 9.17) is 5.73 Å². The van der Waals surface area contributed by atoms with Gasteiger partial charge in [0, 0.05) is 18.9 Å². The number of amides is 1. The molecule has 0 aromatic heterocycles. The predicted molar refractivity (Wildman–Crippen MR) is 60.4 cm³/mol. The van der Waals surface area contributed by atoms with Crippen molar-refractivity contribution < 1.29 is 18.4 Å². The highest BCUT2D eigenvalue weighted by Crippen LogP contribution is 2.13. The lowest BCUT2D eigenvalue weighted by molar-refractivity contribution is -0.123. The summed E-state index contributed by atoms with van der Waals surface area (Å²) in [7, 11) is 1.63. The van der Waals surface area contributed by atoms with Crippen LogP contribution in [0.25, 0.3) is 0 Å². The number of nitrogens with two attached hydrogens (primary N) is 1. The highest BCUT2D eigenvalue weighted by Gasteiger charge is 2.21. The van der Waals surface area contributed by atoms with Gasteiger partial charge in [0.1, 0.15) is 6.29 Å². The number of hydrogen-bond acceptors (Lipinski definition) is 3. The van der Waals surface area contributed by atoms with Crippen molar-refractivity contribution in [3.05, 3.63) is 12.2 Å². The molecule has 6 heteroatoms. The molecule has 0 radical (unpaired) electrons. The Balaban J connectivity index is 4.58. The second kappa shape index (κ2) is 7.89. The second-order valence-corrected chi connectivity index (χ2v) is 3.88. The van der Waals surface area contributed by atoms with Crippen LogP contribution >= 0.6 is 0 Å². The van der Waals surface area contributed by atoms with Crippen molar-refractivity contribution in [1.82, 2.24) is 4.90 Å². The molecule has 0 aromatic rings. The molecule has 2 N–H and O–H groups in total. The molecule has 2 unspecified atom stereocenters. The minimum absolute atomic E-state index is 0.00310. The molecule has 0 aromatic carbocycles. The first-order valence-electron chi connectivity index (χ1n) is 5.38. The Labute approximate surface area is 99.5 Å². The first-order valence-corrected chi connectivity index (χ1v) is 5.38. The van der Waals surface area contributed by atoms with Crippen molar-refractivity contribution >= 4 is 12.2 Å². The first kappa shape index (κ1) is 15.7. The average molecular weight is 248 g/mol. The average Bonchev–Trinajstić information content (AvgIpc) is 2.16. The molecule has 0 bridgehead atoms. The fourth-order valence-corrected chi connectivity index (χ4v) is 1.72. The van der Waals surface area contributed by atoms with E-state index in [0.717, 1.165) is 6.08 Å². The monoisotopic (exact) mass is 248 g/mol. The Morgan fingerprint density at radius 1 is 1.47 bits per heavy atom. The lowest BCUT2D eigenvalue weighted by atomic mass is 10.0. The molecule has 1 amide bonds. The third kappa shape index (κ3) is 6.11. The molecule has 0 saturated heterocycles. The maximum Gasteiger partial charge on any atom is 0.266 e. The van der Waals surface area contributed by atoms with Crippen LogP contribution in [0.2, 0.25) is 0 Å². The molecule has 0 spiro atoms. The smallest absolute Gasteiger partial charge is 0.266 e. The quantitative estimate of drug-likeness (QED) is 0.656. The molecule has 0 aliphatic heterocycles. The largest absolute Gasteiger partial charge is 0.368 e. The number of carbonyl (C=O) groups is 2. The fraction of sp³-hybridized carbons (Fsp3) is 0.636. The van der Waals surface area contributed by atoms with Crippen LogP contribution in [0.3, 0.4) is 0 Å². The summed E-state index contributed by atoms with van der Waals surface area (Å²) in [4.78, 5) is 23.0. The SMILES string of the molecule is CCC(C(N)=O)N(C)CC(C=C(F)F)CC=O. The molecule has 98 valence electrons. The van der Waals surface area contributed by atoms with Gasteiger partial charge in [-0.3, -0.25) is 9.69 Å². The van der Waals surface area contributed by atoms with E-state index in [1.807, 2.05) is 0 Å². The van der Waals surface area contributed by atoms with Crippen molar-refractivity contribution in [2.45, 2.75) is 25.8 Å². The minimum atomic E-state index is -1.82. The van der Waals surface area contributed by atoms with Crippen LogP contribution in [0.4, 0.5) is 8.78 Å². The Morgan fingerprint density at radius 3 is 2.41 bits per heavy atom. The van der Waals surface area contributed by atoms with Crippen LogP contribution in [0.5, 0.6) is 0 Å². The lowest BCUT2D eigenvalue weighted by Crippen LogP contribution is -2.44. The summed E-state index contributed by atoms with van der Waals surface area (Å²) in [6.07, 6.45) is -0.00231. The molecule has 0 aliphatic carbocycles. The summed E-state index contributed by atoms with van der Waals surface area (Å²) in [5.74, 6) is -1.10. The Bertz CT molecular complexity index is 291. The van der Waals surface area contributed by atoms with Gasteiger partial charge >= 0.3 is 0 Å². The number of likely N-dealkylation sites (N-methyl/N-ethyl adjacent to an activating group) is 1. The molecular formula is C11H18F2N2O2. The van der Waals surface area contributed by atoms with Gasteiger partial charge in [-0.25, -0.2) is 0 Å². The zero-order valence-corrected chi connectivity index (χ0v) is 10.0. The molecule has 4 nitrogen and oxygen atoms in total. The molecule has 2 atom stereocenters. The first-order chi connectivity index (χ1) is 7.92. The Morgan fingerprint density at radius 2 is 2.06 bits per heavy atom. The van der Waals surface area contributed by atoms with Gasteiger partial charge in [0.15, 0.2) is 0 Å². The molecule has 0 rings (SSSR count). The standard InChI is InChI=1S/C11H18F2N2O2/c1-3-9(11(14)17)15(2)7-8(4-5-16)6-10(12)13/h5-6,8-9H,3-4,7H2,1-2H3,(H2,14,17). The predicted octanol–water partition coefficient (Wildman–Crippen LogP) is 1.17. The third-order valence-corrected chi connectivity index (χ3v) is 2.53. The zero-order chi connectivity index (χ0) is 13.4. The molecule has 0 saturated carbocycles. The van der Waals surface area contributed by atoms with Crippen LogP contribution in [0.1, 0.15) is 19.8 Å². The normalized spacial score (nSPS) is 14.2. The van der Waals surface area contributed by atoms with E-state index >= 15 is 0 Å². The lowest BCUT2D eigenvalue weighted by Gasteiger charge is -2.26. The molecule has 0 fully saturated rings. The maximum absolute atomic E-state index is 12.1. The van der Waals surface area contributed by atoms with E-state index in [9.17, 15) is 18.4 Å². The van der Waals surface area contributed by atoms with Crippen LogP contribution in [0, 0.1) is 5.92 Å². The van der Waals surface area contributed by atoms with Crippen molar-refractivity contribution in [2.75, 3.05) is 13.6 Å². The molecule has 17 heavy (non-hydrogen) atoms. The fourth-order valence-electron chi connectivity index (χ4n) is 1.72. The van der Waals surface area contributed by atoms with Gasteiger partial charge in [0.2, 0.25) is 5.91 Å². The second-order valence-electron chi connectivity index (χ2n) is 3.88. The van der Waals surface area contributed by atoms with Crippen molar-refractivity contribution in [1.29, 1.82) is 0 Å². The molecule has 0 heterocycles. The third-order valence-electron chi connectivity index (χ3n) is 2.53. The Hall–Kier alpha value is -1.30. The van der Waals surface area contributed by atoms with E-state index < -0.39 is 23.9 Å². The summed E-state index contributed by atoms with van der Waals surface area (Å²) in [5.41, 5.74) is 5.19. The topological polar surface area (TPSA) is 63.4 Å². The van der Waals surface area contributed by atoms with Crippen LogP contribution in [0.15, 0.2) is 12.2 Å². The summed E-state index contributed by atoms with van der Waals surface area (Å²) >= 11 is 0. The molecule has 0 aliphatic rings. The summed E-state index contributed by atoms with van der Waals surface area (Å²) in [6.45, 7) is 1.98. The van der Waals surface area contributed by atoms with Gasteiger partial charge in [0.25, 0.3) is 6.08 Å². The summed E-state index contributed by atoms with van der Waals surface area (Å²) < 4.78 is 24.3. The van der Waals surface area contributed by atoms with E-state index in [-0.39, 0.29) is 13.0 Å². The summed E-state index contributed by atoms with van der Waals surface area (Å²) in [6, 6.07) is -0.500. The van der Waals surface area contributed by atoms with Gasteiger partial charge in [-0.15, -0.1) is 0 Å². The van der Waals surface area contributed by atoms with E-state index in [1.165, 1.54) is 0 Å². The maximum atomic E-state index is 12.1. The van der Waals surface area contributed by atoms with Crippen molar-refractivity contribution in [3.63, 3.8) is 0 Å². The van der Waals surface area contributed by atoms with Gasteiger partial charge in [-0.05, 0) is 19.5 Å². The minimum Gasteiger partial charge on any atom is -0.368 e. The number of primary amides is 1. The number of rotatable bonds is 8. The van der Waals surface area contributed by atoms with E-state index in [0.29, 0.717) is 12.7 Å². The number of hydrogen-bond donors (Lipinski definition) is 1. The van der Waals surface area contributed by atoms with Gasteiger partial charge in [0.05, 0.1) is 6.04 Å². The number of nitrogens with zero attached hydrogens (tertiary/aromatic N) is 1. The van der Waals surface area contributed by atoms with Crippen LogP contribution in [-0.2, 0) is 9.59 Å². The van der Waals surface area contributed by atoms with E-state index in [2.05, 4.69) is 0 Å². The number of aldehydes is 1. The number of carbonyl (C=O) groups excluding carboxylic acids is 2. The number of halogens is 2. The van der Waals surface area contributed by atoms with Crippen LogP contribution in [-0.4, -0.2) is 36.7 Å². The van der Waals surface area contributed by atoms with Crippen LogP contribution < -0.4 is 5.73 Å². The van der Waals surface area contributed by atoms with E-state index in [1.54, 1.807) is 18.9 Å². The highest BCUT2D eigenvalue weighted by atomic mass is 19.3. The van der Waals surface area contributed by atoms with Gasteiger partial charge < -0.3 is 10.5 Å². The zero-order valence-electron chi connectivity index (χ0n) is 10.0. The Kier molecular flexibility index (Phi) is 7.29. The van der Waals surface area contributed by atoms with Gasteiger partial charge in [-0.1, -0.05) is 6.92 Å². The van der Waals surface area contributed by atoms with Gasteiger partial charge in [-0.2, -0.15) is 8.78 Å². The summed E-state index contributed by atoms with van der Waals surface area (Å²) in [5, 5.41) is 0.